The number of carbonyl (C=O) groups excluding carboxylic acids is 1. The number of fused-ring (bicyclic) bond motifs is 1. The number of imidazole rings is 1. The van der Waals surface area contributed by atoms with Crippen LogP contribution in [0.1, 0.15) is 72.7 Å². The molecule has 0 bridgehead atoms. The zero-order chi connectivity index (χ0) is 31.7. The number of ketones is 1. The molecular weight excluding hydrogens is 567 g/mol. The van der Waals surface area contributed by atoms with Crippen LogP contribution in [0.15, 0.2) is 64.4 Å². The minimum absolute atomic E-state index is 0.0552. The highest BCUT2D eigenvalue weighted by molar-refractivity contribution is 7.89. The predicted octanol–water partition coefficient (Wildman–Crippen LogP) is 6.09. The van der Waals surface area contributed by atoms with Crippen LogP contribution >= 0.6 is 0 Å². The van der Waals surface area contributed by atoms with E-state index in [4.69, 9.17) is 4.98 Å². The maximum atomic E-state index is 15.8. The third kappa shape index (κ3) is 7.30. The molecular formula is C33H41FN4O4S. The Labute approximate surface area is 253 Å². The van der Waals surface area contributed by atoms with E-state index in [-0.39, 0.29) is 29.3 Å². The van der Waals surface area contributed by atoms with Crippen LogP contribution in [-0.2, 0) is 34.3 Å². The monoisotopic (exact) mass is 608 g/mol. The lowest BCUT2D eigenvalue weighted by atomic mass is 9.91. The number of pyridine rings is 1. The minimum atomic E-state index is -3.87. The molecule has 10 heteroatoms. The number of rotatable bonds is 10. The van der Waals surface area contributed by atoms with E-state index < -0.39 is 26.8 Å². The molecule has 0 amide bonds. The van der Waals surface area contributed by atoms with Crippen molar-refractivity contribution in [1.29, 1.82) is 0 Å². The van der Waals surface area contributed by atoms with Gasteiger partial charge in [-0.2, -0.15) is 0 Å². The lowest BCUT2D eigenvalue weighted by molar-refractivity contribution is -0.126. The number of aryl methyl sites for hydroxylation is 1. The zero-order valence-electron chi connectivity index (χ0n) is 26.0. The summed E-state index contributed by atoms with van der Waals surface area (Å²) >= 11 is 0. The summed E-state index contributed by atoms with van der Waals surface area (Å²) in [5, 5.41) is 0. The van der Waals surface area contributed by atoms with E-state index in [9.17, 15) is 18.0 Å². The Kier molecular flexibility index (Phi) is 9.13. The van der Waals surface area contributed by atoms with Gasteiger partial charge in [0.1, 0.15) is 17.2 Å². The molecule has 0 fully saturated rings. The number of benzene rings is 2. The summed E-state index contributed by atoms with van der Waals surface area (Å²) in [6.07, 6.45) is 3.96. The zero-order valence-corrected chi connectivity index (χ0v) is 26.8. The van der Waals surface area contributed by atoms with Crippen molar-refractivity contribution in [3.8, 4) is 11.1 Å². The summed E-state index contributed by atoms with van der Waals surface area (Å²) in [6, 6.07) is 12.9. The highest BCUT2D eigenvalue weighted by Gasteiger charge is 2.26. The molecule has 0 aliphatic rings. The number of hydrogen-bond acceptors (Lipinski definition) is 5. The van der Waals surface area contributed by atoms with Crippen LogP contribution in [0.4, 0.5) is 4.39 Å². The Morgan fingerprint density at radius 1 is 1.02 bits per heavy atom. The molecule has 0 saturated carbocycles. The number of Topliss-reactive ketones (excluding diaryl/α,β-unsaturated/α-hetero) is 1. The Hall–Kier alpha value is -3.63. The standard InChI is InChI=1S/C33H41FN4O4S/c1-8-9-14-29-35-26-17-18-37(21-28(39)32(2,3)4)31(40)30(26)38(29)20-23-16-15-22(19-25(23)34)24-12-10-11-13-27(24)43(41,42)36-33(5,6)7/h10-13,15-19,36H,8-9,14,20-21H2,1-7H3. The first kappa shape index (κ1) is 32.3. The molecule has 2 aromatic heterocycles. The Balaban J connectivity index is 1.77. The van der Waals surface area contributed by atoms with Crippen molar-refractivity contribution in [3.63, 3.8) is 0 Å². The minimum Gasteiger partial charge on any atom is -0.319 e. The fourth-order valence-corrected chi connectivity index (χ4v) is 6.50. The van der Waals surface area contributed by atoms with E-state index in [1.165, 1.54) is 16.7 Å². The van der Waals surface area contributed by atoms with Gasteiger partial charge >= 0.3 is 0 Å². The van der Waals surface area contributed by atoms with E-state index >= 15 is 4.39 Å². The number of carbonyl (C=O) groups is 1. The van der Waals surface area contributed by atoms with Crippen molar-refractivity contribution in [3.05, 3.63) is 82.3 Å². The van der Waals surface area contributed by atoms with Crippen LogP contribution in [0, 0.1) is 11.2 Å². The fraction of sp³-hybridized carbons (Fsp3) is 0.424. The lowest BCUT2D eigenvalue weighted by Gasteiger charge is -2.21. The van der Waals surface area contributed by atoms with Gasteiger partial charge in [-0.3, -0.25) is 9.59 Å². The van der Waals surface area contributed by atoms with Gasteiger partial charge in [0.25, 0.3) is 5.56 Å². The molecule has 4 aromatic rings. The maximum absolute atomic E-state index is 15.8. The van der Waals surface area contributed by atoms with Gasteiger partial charge < -0.3 is 9.13 Å². The number of halogens is 1. The summed E-state index contributed by atoms with van der Waals surface area (Å²) in [5.74, 6) is 0.0609. The number of nitrogens with zero attached hydrogens (tertiary/aromatic N) is 3. The first-order valence-electron chi connectivity index (χ1n) is 14.6. The number of unbranched alkanes of at least 4 members (excludes halogenated alkanes) is 1. The average molecular weight is 609 g/mol. The largest absolute Gasteiger partial charge is 0.319 e. The Morgan fingerprint density at radius 3 is 2.35 bits per heavy atom. The SMILES string of the molecule is CCCCc1nc2ccn(CC(=O)C(C)(C)C)c(=O)c2n1Cc1ccc(-c2ccccc2S(=O)(=O)NC(C)(C)C)cc1F. The molecule has 230 valence electrons. The molecule has 0 atom stereocenters. The second-order valence-electron chi connectivity index (χ2n) is 13.0. The summed E-state index contributed by atoms with van der Waals surface area (Å²) in [6.45, 7) is 12.8. The molecule has 0 aliphatic heterocycles. The first-order valence-corrected chi connectivity index (χ1v) is 16.0. The van der Waals surface area contributed by atoms with Gasteiger partial charge in [-0.25, -0.2) is 22.5 Å². The van der Waals surface area contributed by atoms with Crippen molar-refractivity contribution < 1.29 is 17.6 Å². The van der Waals surface area contributed by atoms with E-state index in [1.54, 1.807) is 67.9 Å². The lowest BCUT2D eigenvalue weighted by Crippen LogP contribution is -2.40. The number of sulfonamides is 1. The molecule has 0 aliphatic carbocycles. The smallest absolute Gasteiger partial charge is 0.277 e. The van der Waals surface area contributed by atoms with Crippen LogP contribution in [0.3, 0.4) is 0 Å². The van der Waals surface area contributed by atoms with Crippen molar-refractivity contribution in [2.24, 2.45) is 5.41 Å². The molecule has 2 heterocycles. The second kappa shape index (κ2) is 12.2. The van der Waals surface area contributed by atoms with Gasteiger partial charge in [0.2, 0.25) is 10.0 Å². The summed E-state index contributed by atoms with van der Waals surface area (Å²) in [7, 11) is -3.87. The quantitative estimate of drug-likeness (QED) is 0.235. The van der Waals surface area contributed by atoms with Crippen LogP contribution in [0.2, 0.25) is 0 Å². The van der Waals surface area contributed by atoms with Crippen molar-refractivity contribution in [2.75, 3.05) is 0 Å². The molecule has 2 aromatic carbocycles. The Morgan fingerprint density at radius 2 is 1.72 bits per heavy atom. The van der Waals surface area contributed by atoms with E-state index in [2.05, 4.69) is 11.6 Å². The van der Waals surface area contributed by atoms with Gasteiger partial charge in [-0.1, -0.05) is 64.4 Å². The van der Waals surface area contributed by atoms with Gasteiger partial charge in [-0.05, 0) is 51.0 Å². The second-order valence-corrected chi connectivity index (χ2v) is 14.7. The third-order valence-corrected chi connectivity index (χ3v) is 8.98. The summed E-state index contributed by atoms with van der Waals surface area (Å²) in [5.41, 5.74) is 0.299. The highest BCUT2D eigenvalue weighted by Crippen LogP contribution is 2.30. The maximum Gasteiger partial charge on any atom is 0.277 e. The summed E-state index contributed by atoms with van der Waals surface area (Å²) in [4.78, 5) is 31.1. The van der Waals surface area contributed by atoms with Crippen molar-refractivity contribution in [1.82, 2.24) is 18.8 Å². The first-order chi connectivity index (χ1) is 20.0. The van der Waals surface area contributed by atoms with Gasteiger partial charge in [-0.15, -0.1) is 0 Å². The van der Waals surface area contributed by atoms with Gasteiger partial charge in [0.15, 0.2) is 5.78 Å². The van der Waals surface area contributed by atoms with E-state index in [0.29, 0.717) is 40.0 Å². The Bertz CT molecular complexity index is 1830. The fourth-order valence-electron chi connectivity index (χ4n) is 4.85. The molecule has 0 saturated heterocycles. The topological polar surface area (TPSA) is 103 Å². The molecule has 0 radical (unpaired) electrons. The molecule has 1 N–H and O–H groups in total. The van der Waals surface area contributed by atoms with Crippen molar-refractivity contribution >= 4 is 26.8 Å². The molecule has 0 unspecified atom stereocenters. The average Bonchev–Trinajstić information content (AvgIpc) is 3.26. The van der Waals surface area contributed by atoms with Gasteiger partial charge in [0.05, 0.1) is 23.5 Å². The number of aromatic nitrogens is 3. The highest BCUT2D eigenvalue weighted by atomic mass is 32.2. The molecule has 8 nitrogen and oxygen atoms in total. The van der Waals surface area contributed by atoms with Crippen LogP contribution in [0.25, 0.3) is 22.2 Å². The van der Waals surface area contributed by atoms with Crippen molar-refractivity contribution in [2.45, 2.75) is 91.3 Å². The molecule has 4 rings (SSSR count). The van der Waals surface area contributed by atoms with Gasteiger partial charge in [0, 0.05) is 34.7 Å². The normalized spacial score (nSPS) is 12.7. The number of nitrogens with one attached hydrogen (secondary N) is 1. The van der Waals surface area contributed by atoms with E-state index in [0.717, 1.165) is 12.8 Å². The molecule has 43 heavy (non-hydrogen) atoms. The van der Waals surface area contributed by atoms with Crippen LogP contribution in [0.5, 0.6) is 0 Å². The third-order valence-electron chi connectivity index (χ3n) is 7.16. The predicted molar refractivity (Wildman–Crippen MR) is 168 cm³/mol. The summed E-state index contributed by atoms with van der Waals surface area (Å²) < 4.78 is 47.9. The number of hydrogen-bond donors (Lipinski definition) is 1. The van der Waals surface area contributed by atoms with Crippen LogP contribution in [-0.4, -0.2) is 33.9 Å². The molecule has 0 spiro atoms. The van der Waals surface area contributed by atoms with Crippen LogP contribution < -0.4 is 10.3 Å². The van der Waals surface area contributed by atoms with E-state index in [1.807, 2.05) is 20.8 Å².